The van der Waals surface area contributed by atoms with Crippen molar-refractivity contribution in [3.05, 3.63) is 63.6 Å². The molecule has 2 aromatic rings. The summed E-state index contributed by atoms with van der Waals surface area (Å²) in [5.74, 6) is -0.898. The third kappa shape index (κ3) is 4.01. The Kier molecular flexibility index (Phi) is 5.93. The van der Waals surface area contributed by atoms with Gasteiger partial charge in [-0.25, -0.2) is 0 Å². The summed E-state index contributed by atoms with van der Waals surface area (Å²) in [4.78, 5) is 24.9. The van der Waals surface area contributed by atoms with Crippen LogP contribution in [0.4, 0.5) is 36.8 Å². The van der Waals surface area contributed by atoms with Gasteiger partial charge in [0.15, 0.2) is 0 Å². The summed E-state index contributed by atoms with van der Waals surface area (Å²) in [6, 6.07) is 5.53. The first-order valence-corrected chi connectivity index (χ1v) is 9.49. The van der Waals surface area contributed by atoms with Crippen molar-refractivity contribution in [1.82, 2.24) is 4.90 Å². The van der Waals surface area contributed by atoms with E-state index < -0.39 is 41.6 Å². The molecule has 1 unspecified atom stereocenters. The number of fused-ring (bicyclic) bond motifs is 1. The van der Waals surface area contributed by atoms with Crippen LogP contribution >= 0.6 is 15.9 Å². The van der Waals surface area contributed by atoms with Crippen LogP contribution in [0.3, 0.4) is 0 Å². The number of benzene rings is 2. The average Bonchev–Trinajstić information content (AvgIpc) is 3.05. The lowest BCUT2D eigenvalue weighted by atomic mass is 9.92. The maximum atomic E-state index is 13.0. The number of hydrogen-bond donors (Lipinski definition) is 2. The molecule has 1 atom stereocenters. The Morgan fingerprint density at radius 3 is 2.09 bits per heavy atom. The predicted molar refractivity (Wildman–Crippen MR) is 98.9 cm³/mol. The Labute approximate surface area is 184 Å². The fourth-order valence-corrected chi connectivity index (χ4v) is 3.78. The molecule has 6 nitrogen and oxygen atoms in total. The minimum atomic E-state index is -6.05. The molecule has 0 bridgehead atoms. The van der Waals surface area contributed by atoms with E-state index in [4.69, 9.17) is 0 Å². The number of hydrogen-bond acceptors (Lipinski definition) is 4. The van der Waals surface area contributed by atoms with Gasteiger partial charge in [0.05, 0.1) is 0 Å². The van der Waals surface area contributed by atoms with Crippen molar-refractivity contribution in [2.75, 3.05) is 5.32 Å². The van der Waals surface area contributed by atoms with Gasteiger partial charge in [0, 0.05) is 22.3 Å². The molecule has 1 heterocycles. The highest BCUT2D eigenvalue weighted by Gasteiger charge is 2.71. The molecule has 1 aliphatic rings. The topological polar surface area (TPSA) is 92.7 Å². The Bertz CT molecular complexity index is 1040. The van der Waals surface area contributed by atoms with Crippen LogP contribution in [-0.2, 0) is 16.9 Å². The van der Waals surface area contributed by atoms with Gasteiger partial charge in [0.2, 0.25) is 0 Å². The van der Waals surface area contributed by atoms with E-state index in [-0.39, 0.29) is 12.2 Å². The van der Waals surface area contributed by atoms with Crippen LogP contribution < -0.4 is 10.4 Å². The normalized spacial score (nSPS) is 16.6. The maximum Gasteiger partial charge on any atom is 0.430 e. The first-order valence-electron chi connectivity index (χ1n) is 8.70. The molecule has 0 aromatic heterocycles. The lowest BCUT2D eigenvalue weighted by molar-refractivity contribution is -0.376. The number of halogens is 7. The molecule has 0 aliphatic carbocycles. The third-order valence-electron chi connectivity index (χ3n) is 4.93. The number of carbonyl (C=O) groups excluding carboxylic acids is 2. The summed E-state index contributed by atoms with van der Waals surface area (Å²) in [6.07, 6.45) is -13.7. The molecular formula is C19H12BrF6N2O4-. The molecule has 2 aromatic carbocycles. The summed E-state index contributed by atoms with van der Waals surface area (Å²) in [7, 11) is 0. The van der Waals surface area contributed by atoms with Crippen LogP contribution in [0.1, 0.15) is 22.7 Å². The molecule has 32 heavy (non-hydrogen) atoms. The third-order valence-corrected chi connectivity index (χ3v) is 5.42. The second kappa shape index (κ2) is 7.96. The molecule has 0 saturated heterocycles. The van der Waals surface area contributed by atoms with Crippen molar-refractivity contribution in [1.29, 1.82) is 0 Å². The van der Waals surface area contributed by atoms with Crippen LogP contribution in [0.15, 0.2) is 46.9 Å². The summed E-state index contributed by atoms with van der Waals surface area (Å²) < 4.78 is 78.5. The summed E-state index contributed by atoms with van der Waals surface area (Å²) in [5.41, 5.74) is -5.96. The van der Waals surface area contributed by atoms with Gasteiger partial charge in [0.25, 0.3) is 11.5 Å². The highest BCUT2D eigenvalue weighted by atomic mass is 79.9. The molecular weight excluding hydrogens is 514 g/mol. The van der Waals surface area contributed by atoms with Crippen molar-refractivity contribution >= 4 is 33.6 Å². The van der Waals surface area contributed by atoms with Crippen LogP contribution in [0.25, 0.3) is 0 Å². The van der Waals surface area contributed by atoms with Crippen LogP contribution in [0, 0.1) is 0 Å². The van der Waals surface area contributed by atoms with Gasteiger partial charge in [-0.15, -0.1) is 0 Å². The predicted octanol–water partition coefficient (Wildman–Crippen LogP) is 3.60. The molecule has 13 heteroatoms. The molecule has 1 aliphatic heterocycles. The molecule has 0 fully saturated rings. The first kappa shape index (κ1) is 23.9. The zero-order chi connectivity index (χ0) is 24.1. The Balaban J connectivity index is 1.89. The molecule has 0 spiro atoms. The Morgan fingerprint density at radius 2 is 1.59 bits per heavy atom. The quantitative estimate of drug-likeness (QED) is 0.599. The number of anilines is 1. The highest BCUT2D eigenvalue weighted by molar-refractivity contribution is 9.10. The van der Waals surface area contributed by atoms with Crippen molar-refractivity contribution in [2.24, 2.45) is 0 Å². The van der Waals surface area contributed by atoms with Gasteiger partial charge in [-0.1, -0.05) is 34.1 Å². The van der Waals surface area contributed by atoms with Crippen LogP contribution in [0.5, 0.6) is 0 Å². The van der Waals surface area contributed by atoms with Gasteiger partial charge < -0.3 is 25.2 Å². The number of nitrogens with one attached hydrogen (secondary N) is 1. The zero-order valence-corrected chi connectivity index (χ0v) is 17.2. The van der Waals surface area contributed by atoms with Gasteiger partial charge >= 0.3 is 12.4 Å². The van der Waals surface area contributed by atoms with E-state index in [0.29, 0.717) is 27.7 Å². The zero-order valence-electron chi connectivity index (χ0n) is 15.6. The van der Waals surface area contributed by atoms with Crippen molar-refractivity contribution in [3.63, 3.8) is 0 Å². The molecule has 172 valence electrons. The van der Waals surface area contributed by atoms with Crippen molar-refractivity contribution in [3.8, 4) is 0 Å². The lowest BCUT2D eigenvalue weighted by Gasteiger charge is -2.32. The molecule has 0 radical (unpaired) electrons. The summed E-state index contributed by atoms with van der Waals surface area (Å²) in [6.45, 7) is -0.154. The monoisotopic (exact) mass is 525 g/mol. The Morgan fingerprint density at radius 1 is 1.03 bits per heavy atom. The van der Waals surface area contributed by atoms with Crippen LogP contribution in [0.2, 0.25) is 0 Å². The average molecular weight is 526 g/mol. The summed E-state index contributed by atoms with van der Waals surface area (Å²) >= 11 is 3.22. The SMILES string of the molecule is O=C(Nc1ccc(C(O)(C(F)(F)F)C(F)(F)F)cc1)C1c2ccc(Br)cc2CN1C(=O)[O-]. The van der Waals surface area contributed by atoms with E-state index >= 15 is 0 Å². The minimum absolute atomic E-state index is 0.154. The standard InChI is InChI=1S/C19H13BrF6N2O4/c20-11-3-6-13-9(7-11)8-28(16(30)31)14(13)15(29)27-12-4-1-10(2-5-12)17(32,18(21,22)23)19(24,25)26/h1-7,14,32H,8H2,(H,27,29)(H,30,31)/p-1. The van der Waals surface area contributed by atoms with E-state index in [1.54, 1.807) is 12.1 Å². The number of alkyl halides is 6. The number of amides is 2. The van der Waals surface area contributed by atoms with Gasteiger partial charge in [-0.2, -0.15) is 26.3 Å². The fourth-order valence-electron chi connectivity index (χ4n) is 3.37. The van der Waals surface area contributed by atoms with E-state index in [2.05, 4.69) is 21.2 Å². The molecule has 0 saturated carbocycles. The largest absolute Gasteiger partial charge is 0.530 e. The highest BCUT2D eigenvalue weighted by Crippen LogP contribution is 2.50. The minimum Gasteiger partial charge on any atom is -0.530 e. The molecule has 2 N–H and O–H groups in total. The second-order valence-electron chi connectivity index (χ2n) is 6.91. The van der Waals surface area contributed by atoms with E-state index in [0.717, 1.165) is 17.0 Å². The number of nitrogens with zero attached hydrogens (tertiary/aromatic N) is 1. The maximum absolute atomic E-state index is 13.0. The van der Waals surface area contributed by atoms with Gasteiger partial charge in [-0.3, -0.25) is 4.79 Å². The van der Waals surface area contributed by atoms with Crippen LogP contribution in [-0.4, -0.2) is 34.4 Å². The lowest BCUT2D eigenvalue weighted by Crippen LogP contribution is -2.53. The molecule has 3 rings (SSSR count). The fraction of sp³-hybridized carbons (Fsp3) is 0.263. The van der Waals surface area contributed by atoms with Crippen molar-refractivity contribution in [2.45, 2.75) is 30.5 Å². The number of carboxylic acid groups (broad SMARTS) is 1. The van der Waals surface area contributed by atoms with E-state index in [9.17, 15) is 46.1 Å². The Hall–Kier alpha value is -2.80. The summed E-state index contributed by atoms with van der Waals surface area (Å²) in [5, 5.41) is 23.1. The smallest absolute Gasteiger partial charge is 0.430 e. The first-order chi connectivity index (χ1) is 14.7. The molecule has 2 amide bonds. The van der Waals surface area contributed by atoms with E-state index in [1.807, 2.05) is 0 Å². The number of carbonyl (C=O) groups is 2. The number of rotatable bonds is 3. The second-order valence-corrected chi connectivity index (χ2v) is 7.83. The van der Waals surface area contributed by atoms with Gasteiger partial charge in [0.1, 0.15) is 12.1 Å². The van der Waals surface area contributed by atoms with Gasteiger partial charge in [-0.05, 0) is 35.4 Å². The van der Waals surface area contributed by atoms with Crippen molar-refractivity contribution < 1.29 is 46.1 Å². The number of aliphatic hydroxyl groups is 1. The van der Waals surface area contributed by atoms with E-state index in [1.165, 1.54) is 6.07 Å².